The molecule has 0 aliphatic rings. The highest BCUT2D eigenvalue weighted by atomic mass is 79.9. The highest BCUT2D eigenvalue weighted by molar-refractivity contribution is 9.10. The van der Waals surface area contributed by atoms with E-state index in [0.717, 1.165) is 10.0 Å². The normalized spacial score (nSPS) is 13.4. The molecule has 2 aromatic rings. The number of carbonyl (C=O) groups is 1. The standard InChI is InChI=1S/C16H17BrN2O2/c1-3-9-16(2,12-6-4-7-13(17)11-12)19-18-15(20)14-8-5-10-21-14/h3-8,10-11,19H,1,9H2,2H3,(H,18,20). The number of nitrogens with one attached hydrogen (secondary N) is 2. The van der Waals surface area contributed by atoms with Gasteiger partial charge in [0, 0.05) is 4.47 Å². The summed E-state index contributed by atoms with van der Waals surface area (Å²) in [4.78, 5) is 12.0. The van der Waals surface area contributed by atoms with E-state index in [2.05, 4.69) is 33.4 Å². The zero-order valence-electron chi connectivity index (χ0n) is 11.7. The minimum Gasteiger partial charge on any atom is -0.459 e. The monoisotopic (exact) mass is 348 g/mol. The van der Waals surface area contributed by atoms with Crippen molar-refractivity contribution < 1.29 is 9.21 Å². The lowest BCUT2D eigenvalue weighted by atomic mass is 9.89. The van der Waals surface area contributed by atoms with Crippen LogP contribution in [0, 0.1) is 0 Å². The van der Waals surface area contributed by atoms with Crippen molar-refractivity contribution in [2.24, 2.45) is 0 Å². The molecule has 0 radical (unpaired) electrons. The van der Waals surface area contributed by atoms with Crippen molar-refractivity contribution in [1.29, 1.82) is 0 Å². The maximum atomic E-state index is 12.0. The number of hydrazine groups is 1. The van der Waals surface area contributed by atoms with Crippen LogP contribution < -0.4 is 10.9 Å². The van der Waals surface area contributed by atoms with Gasteiger partial charge in [-0.05, 0) is 43.2 Å². The fraction of sp³-hybridized carbons (Fsp3) is 0.188. The lowest BCUT2D eigenvalue weighted by molar-refractivity contribution is 0.0878. The summed E-state index contributed by atoms with van der Waals surface area (Å²) in [5.41, 5.74) is 6.33. The topological polar surface area (TPSA) is 54.3 Å². The zero-order valence-corrected chi connectivity index (χ0v) is 13.3. The van der Waals surface area contributed by atoms with Gasteiger partial charge in [-0.1, -0.05) is 34.1 Å². The molecule has 110 valence electrons. The van der Waals surface area contributed by atoms with Crippen LogP contribution in [0.2, 0.25) is 0 Å². The molecular formula is C16H17BrN2O2. The Morgan fingerprint density at radius 3 is 2.86 bits per heavy atom. The molecule has 1 aromatic carbocycles. The van der Waals surface area contributed by atoms with E-state index in [9.17, 15) is 4.79 Å². The Morgan fingerprint density at radius 2 is 2.24 bits per heavy atom. The number of furan rings is 1. The summed E-state index contributed by atoms with van der Waals surface area (Å²) in [6.07, 6.45) is 3.93. The van der Waals surface area contributed by atoms with E-state index < -0.39 is 5.54 Å². The van der Waals surface area contributed by atoms with Crippen LogP contribution in [0.1, 0.15) is 29.5 Å². The summed E-state index contributed by atoms with van der Waals surface area (Å²) < 4.78 is 6.05. The Kier molecular flexibility index (Phi) is 4.98. The second-order valence-corrected chi connectivity index (χ2v) is 5.81. The SMILES string of the molecule is C=CCC(C)(NNC(=O)c1ccco1)c1cccc(Br)c1. The number of hydrogen-bond donors (Lipinski definition) is 2. The second-order valence-electron chi connectivity index (χ2n) is 4.89. The zero-order chi connectivity index (χ0) is 15.3. The van der Waals surface area contributed by atoms with Crippen molar-refractivity contribution in [3.8, 4) is 0 Å². The molecule has 4 nitrogen and oxygen atoms in total. The first kappa shape index (κ1) is 15.5. The maximum absolute atomic E-state index is 12.0. The third kappa shape index (κ3) is 3.83. The van der Waals surface area contributed by atoms with Gasteiger partial charge in [-0.2, -0.15) is 0 Å². The van der Waals surface area contributed by atoms with Crippen molar-refractivity contribution >= 4 is 21.8 Å². The van der Waals surface area contributed by atoms with E-state index in [1.807, 2.05) is 37.3 Å². The summed E-state index contributed by atoms with van der Waals surface area (Å²) in [7, 11) is 0. The molecule has 21 heavy (non-hydrogen) atoms. The van der Waals surface area contributed by atoms with E-state index in [0.29, 0.717) is 6.42 Å². The molecule has 1 amide bonds. The Labute approximate surface area is 132 Å². The predicted molar refractivity (Wildman–Crippen MR) is 85.6 cm³/mol. The second kappa shape index (κ2) is 6.74. The van der Waals surface area contributed by atoms with Crippen LogP contribution in [0.4, 0.5) is 0 Å². The largest absolute Gasteiger partial charge is 0.459 e. The number of amides is 1. The van der Waals surface area contributed by atoms with Crippen LogP contribution in [0.3, 0.4) is 0 Å². The molecule has 2 N–H and O–H groups in total. The van der Waals surface area contributed by atoms with Gasteiger partial charge in [0.05, 0.1) is 11.8 Å². The number of halogens is 1. The summed E-state index contributed by atoms with van der Waals surface area (Å²) in [6.45, 7) is 5.79. The van der Waals surface area contributed by atoms with Crippen molar-refractivity contribution in [3.63, 3.8) is 0 Å². The summed E-state index contributed by atoms with van der Waals surface area (Å²) in [6, 6.07) is 11.2. The molecule has 0 bridgehead atoms. The van der Waals surface area contributed by atoms with Crippen LogP contribution in [0.25, 0.3) is 0 Å². The van der Waals surface area contributed by atoms with Crippen molar-refractivity contribution in [1.82, 2.24) is 10.9 Å². The van der Waals surface area contributed by atoms with Gasteiger partial charge < -0.3 is 4.42 Å². The van der Waals surface area contributed by atoms with Gasteiger partial charge in [-0.25, -0.2) is 5.43 Å². The fourth-order valence-corrected chi connectivity index (χ4v) is 2.42. The Hall–Kier alpha value is -1.85. The van der Waals surface area contributed by atoms with E-state index >= 15 is 0 Å². The highest BCUT2D eigenvalue weighted by Gasteiger charge is 2.26. The summed E-state index contributed by atoms with van der Waals surface area (Å²) in [5, 5.41) is 0. The highest BCUT2D eigenvalue weighted by Crippen LogP contribution is 2.26. The minimum atomic E-state index is -0.465. The average Bonchev–Trinajstić information content (AvgIpc) is 2.99. The molecule has 0 spiro atoms. The van der Waals surface area contributed by atoms with Crippen LogP contribution in [0.5, 0.6) is 0 Å². The molecule has 0 saturated carbocycles. The van der Waals surface area contributed by atoms with E-state index in [4.69, 9.17) is 4.42 Å². The molecule has 0 aliphatic heterocycles. The number of hydrogen-bond acceptors (Lipinski definition) is 3. The molecule has 1 aromatic heterocycles. The quantitative estimate of drug-likeness (QED) is 0.617. The van der Waals surface area contributed by atoms with E-state index in [1.54, 1.807) is 12.1 Å². The molecule has 1 heterocycles. The third-order valence-corrected chi connectivity index (χ3v) is 3.70. The van der Waals surface area contributed by atoms with Gasteiger partial charge in [0.2, 0.25) is 0 Å². The Balaban J connectivity index is 2.14. The van der Waals surface area contributed by atoms with E-state index in [-0.39, 0.29) is 11.7 Å². The van der Waals surface area contributed by atoms with Gasteiger partial charge in [-0.3, -0.25) is 10.2 Å². The first-order valence-corrected chi connectivity index (χ1v) is 7.32. The number of carbonyl (C=O) groups excluding carboxylic acids is 1. The number of benzene rings is 1. The van der Waals surface area contributed by atoms with Gasteiger partial charge in [0.15, 0.2) is 5.76 Å². The fourth-order valence-electron chi connectivity index (χ4n) is 2.03. The van der Waals surface area contributed by atoms with E-state index in [1.165, 1.54) is 6.26 Å². The van der Waals surface area contributed by atoms with Crippen LogP contribution in [0.15, 0.2) is 64.2 Å². The van der Waals surface area contributed by atoms with Crippen molar-refractivity contribution in [3.05, 3.63) is 71.1 Å². The average molecular weight is 349 g/mol. The molecule has 0 fully saturated rings. The van der Waals surface area contributed by atoms with Crippen LogP contribution >= 0.6 is 15.9 Å². The molecule has 0 saturated heterocycles. The van der Waals surface area contributed by atoms with Gasteiger partial charge in [0.25, 0.3) is 0 Å². The smallest absolute Gasteiger partial charge is 0.301 e. The van der Waals surface area contributed by atoms with Gasteiger partial charge >= 0.3 is 5.91 Å². The molecule has 1 unspecified atom stereocenters. The van der Waals surface area contributed by atoms with Crippen LogP contribution in [-0.4, -0.2) is 5.91 Å². The van der Waals surface area contributed by atoms with Gasteiger partial charge in [0.1, 0.15) is 0 Å². The van der Waals surface area contributed by atoms with Gasteiger partial charge in [-0.15, -0.1) is 6.58 Å². The maximum Gasteiger partial charge on any atom is 0.301 e. The Morgan fingerprint density at radius 1 is 1.43 bits per heavy atom. The molecule has 5 heteroatoms. The number of rotatable bonds is 6. The van der Waals surface area contributed by atoms with Crippen molar-refractivity contribution in [2.75, 3.05) is 0 Å². The lowest BCUT2D eigenvalue weighted by Crippen LogP contribution is -2.50. The summed E-state index contributed by atoms with van der Waals surface area (Å²) in [5.74, 6) is -0.0528. The molecule has 1 atom stereocenters. The first-order valence-electron chi connectivity index (χ1n) is 6.53. The molecule has 2 rings (SSSR count). The summed E-state index contributed by atoms with van der Waals surface area (Å²) >= 11 is 3.46. The minimum absolute atomic E-state index is 0.262. The predicted octanol–water partition coefficient (Wildman–Crippen LogP) is 3.77. The third-order valence-electron chi connectivity index (χ3n) is 3.21. The Bertz CT molecular complexity index is 625. The first-order chi connectivity index (χ1) is 10.0. The van der Waals surface area contributed by atoms with Crippen LogP contribution in [-0.2, 0) is 5.54 Å². The lowest BCUT2D eigenvalue weighted by Gasteiger charge is -2.30. The molecular weight excluding hydrogens is 332 g/mol. The molecule has 0 aliphatic carbocycles. The van der Waals surface area contributed by atoms with Crippen molar-refractivity contribution in [2.45, 2.75) is 18.9 Å².